The normalized spacial score (nSPS) is 23.6. The maximum atomic E-state index is 2.47. The molecule has 1 nitrogen and oxygen atoms in total. The fraction of sp³-hybridized carbons (Fsp3) is 1.00. The van der Waals surface area contributed by atoms with Gasteiger partial charge in [-0.05, 0) is 25.9 Å². The van der Waals surface area contributed by atoms with E-state index in [4.69, 9.17) is 0 Å². The Hall–Kier alpha value is 0.690. The van der Waals surface area contributed by atoms with E-state index in [1.165, 1.54) is 30.5 Å². The van der Waals surface area contributed by atoms with Gasteiger partial charge in [-0.15, -0.1) is 0 Å². The van der Waals surface area contributed by atoms with Crippen LogP contribution in [0.4, 0.5) is 0 Å². The predicted octanol–water partition coefficient (Wildman–Crippen LogP) is 1.47. The molecule has 0 unspecified atom stereocenters. The Kier molecular flexibility index (Phi) is 2.38. The first kappa shape index (κ1) is 5.82. The molecule has 0 bridgehead atoms. The molecule has 0 spiro atoms. The maximum absolute atomic E-state index is 2.47. The summed E-state index contributed by atoms with van der Waals surface area (Å²) in [4.78, 5) is 2.47. The standard InChI is InChI=1S/C5H10IN/c6-5-7-3-1-2-4-7/h1-5H2. The lowest BCUT2D eigenvalue weighted by atomic mass is 10.4. The monoisotopic (exact) mass is 211 g/mol. The molecule has 1 rings (SSSR count). The van der Waals surface area contributed by atoms with Crippen LogP contribution in [-0.2, 0) is 0 Å². The molecule has 1 fully saturated rings. The molecule has 0 N–H and O–H groups in total. The molecule has 0 amide bonds. The Bertz CT molecular complexity index is 50.0. The van der Waals surface area contributed by atoms with Crippen LogP contribution in [0.2, 0.25) is 0 Å². The molecule has 0 saturated carbocycles. The first-order chi connectivity index (χ1) is 3.43. The highest BCUT2D eigenvalue weighted by Crippen LogP contribution is 2.07. The molecule has 0 radical (unpaired) electrons. The van der Waals surface area contributed by atoms with Crippen molar-refractivity contribution in [1.82, 2.24) is 4.90 Å². The number of nitrogens with zero attached hydrogens (tertiary/aromatic N) is 1. The van der Waals surface area contributed by atoms with Gasteiger partial charge in [-0.3, -0.25) is 4.90 Å². The molecular weight excluding hydrogens is 201 g/mol. The van der Waals surface area contributed by atoms with E-state index in [1.54, 1.807) is 0 Å². The molecule has 1 aliphatic rings. The lowest BCUT2D eigenvalue weighted by molar-refractivity contribution is 0.410. The van der Waals surface area contributed by atoms with E-state index >= 15 is 0 Å². The molecular formula is C5H10IN. The van der Waals surface area contributed by atoms with Crippen LogP contribution in [0, 0.1) is 0 Å². The SMILES string of the molecule is ICN1CCCC1. The van der Waals surface area contributed by atoms with Crippen LogP contribution in [0.25, 0.3) is 0 Å². The third-order valence-electron chi connectivity index (χ3n) is 1.37. The lowest BCUT2D eigenvalue weighted by Crippen LogP contribution is -2.15. The molecule has 1 aliphatic heterocycles. The molecule has 0 atom stereocenters. The Labute approximate surface area is 58.2 Å². The second kappa shape index (κ2) is 2.87. The molecule has 7 heavy (non-hydrogen) atoms. The van der Waals surface area contributed by atoms with Crippen molar-refractivity contribution in [3.63, 3.8) is 0 Å². The fourth-order valence-electron chi connectivity index (χ4n) is 0.902. The van der Waals surface area contributed by atoms with E-state index in [0.29, 0.717) is 0 Å². The number of alkyl halides is 1. The van der Waals surface area contributed by atoms with Crippen molar-refractivity contribution in [3.8, 4) is 0 Å². The Morgan fingerprint density at radius 1 is 1.29 bits per heavy atom. The van der Waals surface area contributed by atoms with Crippen LogP contribution >= 0.6 is 22.6 Å². The van der Waals surface area contributed by atoms with Gasteiger partial charge in [0.1, 0.15) is 0 Å². The van der Waals surface area contributed by atoms with Gasteiger partial charge in [0.05, 0.1) is 4.55 Å². The van der Waals surface area contributed by atoms with Crippen molar-refractivity contribution in [1.29, 1.82) is 0 Å². The van der Waals surface area contributed by atoms with Gasteiger partial charge in [-0.25, -0.2) is 0 Å². The minimum atomic E-state index is 1.22. The minimum absolute atomic E-state index is 1.22. The summed E-state index contributed by atoms with van der Waals surface area (Å²) in [6.45, 7) is 2.67. The van der Waals surface area contributed by atoms with Gasteiger partial charge < -0.3 is 0 Å². The second-order valence-corrected chi connectivity index (χ2v) is 2.63. The fourth-order valence-corrected chi connectivity index (χ4v) is 1.58. The summed E-state index contributed by atoms with van der Waals surface area (Å²) in [5, 5.41) is 0. The van der Waals surface area contributed by atoms with Crippen LogP contribution in [0.15, 0.2) is 0 Å². The molecule has 1 saturated heterocycles. The summed E-state index contributed by atoms with van der Waals surface area (Å²) in [7, 11) is 0. The van der Waals surface area contributed by atoms with Crippen molar-refractivity contribution in [2.45, 2.75) is 12.8 Å². The first-order valence-corrected chi connectivity index (χ1v) is 4.24. The van der Waals surface area contributed by atoms with E-state index < -0.39 is 0 Å². The molecule has 42 valence electrons. The van der Waals surface area contributed by atoms with Crippen LogP contribution < -0.4 is 0 Å². The Morgan fingerprint density at radius 2 is 1.86 bits per heavy atom. The molecule has 0 aromatic carbocycles. The highest BCUT2D eigenvalue weighted by atomic mass is 127. The molecule has 0 aromatic heterocycles. The van der Waals surface area contributed by atoms with Gasteiger partial charge in [0.2, 0.25) is 0 Å². The van der Waals surface area contributed by atoms with Crippen LogP contribution in [0.3, 0.4) is 0 Å². The van der Waals surface area contributed by atoms with Gasteiger partial charge in [-0.1, -0.05) is 22.6 Å². The summed E-state index contributed by atoms with van der Waals surface area (Å²) in [5.41, 5.74) is 0. The summed E-state index contributed by atoms with van der Waals surface area (Å²) in [6, 6.07) is 0. The summed E-state index contributed by atoms with van der Waals surface area (Å²) in [5.74, 6) is 0. The predicted molar refractivity (Wildman–Crippen MR) is 39.7 cm³/mol. The van der Waals surface area contributed by atoms with Gasteiger partial charge in [0.15, 0.2) is 0 Å². The number of likely N-dealkylation sites (tertiary alicyclic amines) is 1. The summed E-state index contributed by atoms with van der Waals surface area (Å²) < 4.78 is 1.22. The number of hydrogen-bond donors (Lipinski definition) is 0. The third-order valence-corrected chi connectivity index (χ3v) is 2.33. The second-order valence-electron chi connectivity index (χ2n) is 1.94. The topological polar surface area (TPSA) is 3.24 Å². The highest BCUT2D eigenvalue weighted by molar-refractivity contribution is 14.1. The maximum Gasteiger partial charge on any atom is 0.0505 e. The Morgan fingerprint density at radius 3 is 2.14 bits per heavy atom. The zero-order valence-corrected chi connectivity index (χ0v) is 6.52. The van der Waals surface area contributed by atoms with Crippen LogP contribution in [0.1, 0.15) is 12.8 Å². The van der Waals surface area contributed by atoms with Gasteiger partial charge in [0.25, 0.3) is 0 Å². The third kappa shape index (κ3) is 1.57. The van der Waals surface area contributed by atoms with Crippen molar-refractivity contribution in [3.05, 3.63) is 0 Å². The summed E-state index contributed by atoms with van der Waals surface area (Å²) in [6.07, 6.45) is 2.84. The molecule has 0 aromatic rings. The zero-order chi connectivity index (χ0) is 5.11. The van der Waals surface area contributed by atoms with Crippen LogP contribution in [-0.4, -0.2) is 22.5 Å². The largest absolute Gasteiger partial charge is 0.294 e. The van der Waals surface area contributed by atoms with E-state index in [9.17, 15) is 0 Å². The van der Waals surface area contributed by atoms with Crippen molar-refractivity contribution in [2.75, 3.05) is 17.6 Å². The Balaban J connectivity index is 2.14. The van der Waals surface area contributed by atoms with Gasteiger partial charge >= 0.3 is 0 Å². The van der Waals surface area contributed by atoms with Gasteiger partial charge in [0, 0.05) is 0 Å². The highest BCUT2D eigenvalue weighted by Gasteiger charge is 2.07. The smallest absolute Gasteiger partial charge is 0.0505 e. The van der Waals surface area contributed by atoms with Crippen LogP contribution in [0.5, 0.6) is 0 Å². The average molecular weight is 211 g/mol. The zero-order valence-electron chi connectivity index (χ0n) is 4.36. The number of halogens is 1. The van der Waals surface area contributed by atoms with Gasteiger partial charge in [-0.2, -0.15) is 0 Å². The molecule has 0 aliphatic carbocycles. The van der Waals surface area contributed by atoms with E-state index in [0.717, 1.165) is 0 Å². The number of rotatable bonds is 1. The van der Waals surface area contributed by atoms with E-state index in [2.05, 4.69) is 27.5 Å². The van der Waals surface area contributed by atoms with E-state index in [1.807, 2.05) is 0 Å². The molecule has 1 heterocycles. The first-order valence-electron chi connectivity index (χ1n) is 2.72. The minimum Gasteiger partial charge on any atom is -0.294 e. The lowest BCUT2D eigenvalue weighted by Gasteiger charge is -2.07. The van der Waals surface area contributed by atoms with E-state index in [-0.39, 0.29) is 0 Å². The summed E-state index contributed by atoms with van der Waals surface area (Å²) >= 11 is 2.42. The average Bonchev–Trinajstić information content (AvgIpc) is 2.14. The van der Waals surface area contributed by atoms with Crippen molar-refractivity contribution in [2.24, 2.45) is 0 Å². The van der Waals surface area contributed by atoms with Crippen molar-refractivity contribution < 1.29 is 0 Å². The number of hydrogen-bond acceptors (Lipinski definition) is 1. The van der Waals surface area contributed by atoms with Crippen molar-refractivity contribution >= 4 is 22.6 Å². The molecule has 2 heteroatoms. The quantitative estimate of drug-likeness (QED) is 0.360.